The molecular weight excluding hydrogens is 671 g/mol. The standard InChI is InChI=1S/C23H11Cl9N2O3/c24-10-6-5-9(13(26)7-10)8-33(18(35)11-3-1-2-4-12(11)25)34-19(36)14-15(20(34)37)22(30)17(28)16(27)21(14,29)23(22,31)32/h1-7,14-15H,8H2/t14-,15-,21+,22+/m0/s1. The third-order valence-corrected chi connectivity index (χ3v) is 12.0. The number of allylic oxidation sites excluding steroid dienone is 2. The summed E-state index contributed by atoms with van der Waals surface area (Å²) >= 11 is 58.1. The predicted octanol–water partition coefficient (Wildman–Crippen LogP) is 7.65. The number of hydrogen-bond donors (Lipinski definition) is 0. The summed E-state index contributed by atoms with van der Waals surface area (Å²) < 4.78 is -2.11. The molecule has 1 aliphatic heterocycles. The fourth-order valence-corrected chi connectivity index (χ4v) is 8.65. The van der Waals surface area contributed by atoms with Crippen LogP contribution in [0.25, 0.3) is 0 Å². The Bertz CT molecular complexity index is 1380. The number of carbonyl (C=O) groups excluding carboxylic acids is 3. The van der Waals surface area contributed by atoms with Gasteiger partial charge in [-0.2, -0.15) is 5.01 Å². The molecule has 2 aromatic rings. The smallest absolute Gasteiger partial charge is 0.272 e. The molecule has 2 aromatic carbocycles. The summed E-state index contributed by atoms with van der Waals surface area (Å²) in [6, 6.07) is 10.7. The van der Waals surface area contributed by atoms with Crippen molar-refractivity contribution in [1.29, 1.82) is 0 Å². The van der Waals surface area contributed by atoms with Crippen molar-refractivity contribution in [3.05, 3.63) is 78.7 Å². The molecule has 37 heavy (non-hydrogen) atoms. The van der Waals surface area contributed by atoms with Crippen LogP contribution in [0.5, 0.6) is 0 Å². The maximum absolute atomic E-state index is 13.9. The molecule has 2 aliphatic carbocycles. The van der Waals surface area contributed by atoms with Gasteiger partial charge in [0.05, 0.1) is 39.0 Å². The average Bonchev–Trinajstić information content (AvgIpc) is 3.22. The van der Waals surface area contributed by atoms with Crippen molar-refractivity contribution in [2.75, 3.05) is 0 Å². The largest absolute Gasteiger partial charge is 0.274 e. The number of alkyl halides is 4. The van der Waals surface area contributed by atoms with E-state index in [0.717, 1.165) is 5.01 Å². The highest BCUT2D eigenvalue weighted by molar-refractivity contribution is 6.66. The number of hydrogen-bond acceptors (Lipinski definition) is 3. The lowest BCUT2D eigenvalue weighted by Gasteiger charge is -2.37. The fraction of sp³-hybridized carbons (Fsp3) is 0.261. The highest BCUT2D eigenvalue weighted by Crippen LogP contribution is 2.77. The zero-order valence-electron chi connectivity index (χ0n) is 17.9. The number of rotatable bonds is 4. The van der Waals surface area contributed by atoms with E-state index in [2.05, 4.69) is 0 Å². The Labute approximate surface area is 255 Å². The minimum absolute atomic E-state index is 0.0225. The summed E-state index contributed by atoms with van der Waals surface area (Å²) in [5.74, 6) is -5.42. The number of carbonyl (C=O) groups is 3. The lowest BCUT2D eigenvalue weighted by atomic mass is 9.84. The molecule has 14 heteroatoms. The van der Waals surface area contributed by atoms with E-state index in [9.17, 15) is 14.4 Å². The van der Waals surface area contributed by atoms with Crippen LogP contribution < -0.4 is 0 Å². The lowest BCUT2D eigenvalue weighted by Crippen LogP contribution is -2.55. The zero-order chi connectivity index (χ0) is 27.2. The Morgan fingerprint density at radius 3 is 1.86 bits per heavy atom. The van der Waals surface area contributed by atoms with E-state index in [1.165, 1.54) is 18.2 Å². The Balaban J connectivity index is 1.64. The number of amides is 3. The second-order valence-electron chi connectivity index (χ2n) is 8.65. The van der Waals surface area contributed by atoms with Crippen molar-refractivity contribution in [3.8, 4) is 0 Å². The van der Waals surface area contributed by atoms with E-state index in [1.807, 2.05) is 0 Å². The molecule has 0 spiro atoms. The summed E-state index contributed by atoms with van der Waals surface area (Å²) in [5, 5.41) is 1.71. The molecule has 0 unspecified atom stereocenters. The third-order valence-electron chi connectivity index (χ3n) is 6.80. The van der Waals surface area contributed by atoms with Gasteiger partial charge >= 0.3 is 0 Å². The lowest BCUT2D eigenvalue weighted by molar-refractivity contribution is -0.156. The van der Waals surface area contributed by atoms with Gasteiger partial charge < -0.3 is 0 Å². The molecule has 5 nitrogen and oxygen atoms in total. The van der Waals surface area contributed by atoms with Crippen molar-refractivity contribution in [2.45, 2.75) is 20.6 Å². The molecule has 1 saturated carbocycles. The zero-order valence-corrected chi connectivity index (χ0v) is 24.7. The summed E-state index contributed by atoms with van der Waals surface area (Å²) in [6.07, 6.45) is 0. The predicted molar refractivity (Wildman–Crippen MR) is 147 cm³/mol. The maximum atomic E-state index is 13.9. The van der Waals surface area contributed by atoms with Crippen LogP contribution in [0.1, 0.15) is 15.9 Å². The van der Waals surface area contributed by atoms with Gasteiger partial charge in [-0.05, 0) is 29.8 Å². The molecule has 5 rings (SSSR count). The first-order chi connectivity index (χ1) is 17.2. The van der Waals surface area contributed by atoms with Gasteiger partial charge in [0.25, 0.3) is 17.7 Å². The van der Waals surface area contributed by atoms with E-state index in [4.69, 9.17) is 104 Å². The van der Waals surface area contributed by atoms with Crippen molar-refractivity contribution >= 4 is 122 Å². The quantitative estimate of drug-likeness (QED) is 0.246. The van der Waals surface area contributed by atoms with Crippen molar-refractivity contribution in [3.63, 3.8) is 0 Å². The van der Waals surface area contributed by atoms with Crippen molar-refractivity contribution < 1.29 is 14.4 Å². The summed E-state index contributed by atoms with van der Waals surface area (Å²) in [7, 11) is 0. The van der Waals surface area contributed by atoms with Crippen LogP contribution >= 0.6 is 104 Å². The molecule has 1 heterocycles. The highest BCUT2D eigenvalue weighted by Gasteiger charge is 2.88. The molecule has 3 aliphatic rings. The van der Waals surface area contributed by atoms with E-state index < -0.39 is 43.6 Å². The molecule has 1 saturated heterocycles. The van der Waals surface area contributed by atoms with Gasteiger partial charge in [-0.3, -0.25) is 14.4 Å². The van der Waals surface area contributed by atoms with Crippen LogP contribution in [0.3, 0.4) is 0 Å². The van der Waals surface area contributed by atoms with Gasteiger partial charge in [0.15, 0.2) is 4.33 Å². The molecular formula is C23H11Cl9N2O3. The maximum Gasteiger partial charge on any atom is 0.274 e. The molecule has 3 amide bonds. The van der Waals surface area contributed by atoms with Gasteiger partial charge in [0, 0.05) is 10.0 Å². The third kappa shape index (κ3) is 3.55. The number of imide groups is 1. The second kappa shape index (κ2) is 9.22. The van der Waals surface area contributed by atoms with Crippen LogP contribution in [0.2, 0.25) is 15.1 Å². The van der Waals surface area contributed by atoms with Crippen LogP contribution in [0.4, 0.5) is 0 Å². The van der Waals surface area contributed by atoms with Crippen molar-refractivity contribution in [2.24, 2.45) is 11.8 Å². The molecule has 0 N–H and O–H groups in total. The van der Waals surface area contributed by atoms with Crippen molar-refractivity contribution in [1.82, 2.24) is 10.0 Å². The molecule has 2 fully saturated rings. The summed E-state index contributed by atoms with van der Waals surface area (Å²) in [4.78, 5) is 37.5. The first-order valence-corrected chi connectivity index (χ1v) is 13.8. The Morgan fingerprint density at radius 2 is 1.35 bits per heavy atom. The van der Waals surface area contributed by atoms with Gasteiger partial charge in [-0.1, -0.05) is 99.4 Å². The van der Waals surface area contributed by atoms with Crippen LogP contribution in [-0.4, -0.2) is 41.8 Å². The SMILES string of the molecule is O=C(c1ccccc1Cl)N(Cc1ccc(Cl)cc1Cl)N1C(=O)[C@@H]2[C@@H](C1=O)[C@@]1(Cl)C(Cl)=C(Cl)[C@@]2(Cl)C1(Cl)Cl. The van der Waals surface area contributed by atoms with E-state index in [0.29, 0.717) is 15.6 Å². The molecule has 0 radical (unpaired) electrons. The van der Waals surface area contributed by atoms with Gasteiger partial charge in [0.1, 0.15) is 9.75 Å². The van der Waals surface area contributed by atoms with Gasteiger partial charge in [-0.15, -0.1) is 23.2 Å². The topological polar surface area (TPSA) is 57.7 Å². The number of hydrazine groups is 1. The first kappa shape index (κ1) is 27.9. The summed E-state index contributed by atoms with van der Waals surface area (Å²) in [5.41, 5.74) is 0.403. The number of benzene rings is 2. The Morgan fingerprint density at radius 1 is 0.811 bits per heavy atom. The Hall–Kier alpha value is -0.600. The van der Waals surface area contributed by atoms with E-state index in [1.54, 1.807) is 24.3 Å². The monoisotopic (exact) mass is 678 g/mol. The fourth-order valence-electron chi connectivity index (χ4n) is 5.04. The Kier molecular flexibility index (Phi) is 6.97. The summed E-state index contributed by atoms with van der Waals surface area (Å²) in [6.45, 7) is -0.316. The van der Waals surface area contributed by atoms with Crippen LogP contribution in [0, 0.1) is 11.8 Å². The molecule has 2 bridgehead atoms. The minimum Gasteiger partial charge on any atom is -0.272 e. The van der Waals surface area contributed by atoms with Gasteiger partial charge in [-0.25, -0.2) is 5.01 Å². The number of halogens is 9. The molecule has 4 atom stereocenters. The molecule has 194 valence electrons. The highest BCUT2D eigenvalue weighted by atomic mass is 35.5. The normalized spacial score (nSPS) is 29.8. The van der Waals surface area contributed by atoms with E-state index >= 15 is 0 Å². The van der Waals surface area contributed by atoms with Gasteiger partial charge in [0.2, 0.25) is 0 Å². The minimum atomic E-state index is -2.11. The second-order valence-corrected chi connectivity index (χ2v) is 13.2. The van der Waals surface area contributed by atoms with E-state index in [-0.39, 0.29) is 32.2 Å². The van der Waals surface area contributed by atoms with Crippen LogP contribution in [-0.2, 0) is 16.1 Å². The number of nitrogens with zero attached hydrogens (tertiary/aromatic N) is 2. The molecule has 0 aromatic heterocycles. The number of fused-ring (bicyclic) bond motifs is 5. The average molecular weight is 682 g/mol. The van der Waals surface area contributed by atoms with Crippen LogP contribution in [0.15, 0.2) is 52.5 Å². The first-order valence-electron chi connectivity index (χ1n) is 10.4.